The van der Waals surface area contributed by atoms with Gasteiger partial charge in [0, 0.05) is 31.7 Å². The molecule has 1 amide bonds. The highest BCUT2D eigenvalue weighted by Gasteiger charge is 2.32. The van der Waals surface area contributed by atoms with Crippen molar-refractivity contribution in [2.75, 3.05) is 40.3 Å². The van der Waals surface area contributed by atoms with E-state index < -0.39 is 5.82 Å². The molecule has 1 aliphatic heterocycles. The van der Waals surface area contributed by atoms with E-state index in [-0.39, 0.29) is 23.6 Å². The quantitative estimate of drug-likeness (QED) is 0.833. The van der Waals surface area contributed by atoms with Gasteiger partial charge in [-0.2, -0.15) is 0 Å². The number of hydrogen-bond acceptors (Lipinski definition) is 3. The van der Waals surface area contributed by atoms with E-state index in [4.69, 9.17) is 0 Å². The molecule has 5 heteroatoms. The second kappa shape index (κ2) is 7.88. The van der Waals surface area contributed by atoms with E-state index in [0.29, 0.717) is 13.1 Å². The van der Waals surface area contributed by atoms with Crippen molar-refractivity contribution in [3.63, 3.8) is 0 Å². The fourth-order valence-corrected chi connectivity index (χ4v) is 3.34. The molecule has 1 aromatic rings. The van der Waals surface area contributed by atoms with Crippen LogP contribution >= 0.6 is 0 Å². The zero-order valence-electron chi connectivity index (χ0n) is 14.6. The molecule has 2 unspecified atom stereocenters. The largest absolute Gasteiger partial charge is 0.335 e. The normalized spacial score (nSPS) is 22.6. The number of carbonyl (C=O) groups is 1. The zero-order valence-corrected chi connectivity index (χ0v) is 14.6. The van der Waals surface area contributed by atoms with Gasteiger partial charge in [0.05, 0.1) is 5.56 Å². The highest BCUT2D eigenvalue weighted by atomic mass is 19.1. The smallest absolute Gasteiger partial charge is 0.256 e. The SMILES string of the molecule is CC1CN(C(=O)c2ccccc2F)CC(C)N1CCCN(C)C. The first-order valence-electron chi connectivity index (χ1n) is 8.34. The van der Waals surface area contributed by atoms with Gasteiger partial charge in [-0.05, 0) is 53.0 Å². The van der Waals surface area contributed by atoms with Crippen molar-refractivity contribution in [2.45, 2.75) is 32.4 Å². The first-order chi connectivity index (χ1) is 10.9. The molecule has 2 atom stereocenters. The highest BCUT2D eigenvalue weighted by Crippen LogP contribution is 2.19. The molecule has 1 heterocycles. The molecule has 4 nitrogen and oxygen atoms in total. The van der Waals surface area contributed by atoms with Crippen LogP contribution < -0.4 is 0 Å². The van der Waals surface area contributed by atoms with Gasteiger partial charge in [0.2, 0.25) is 0 Å². The van der Waals surface area contributed by atoms with Crippen molar-refractivity contribution >= 4 is 5.91 Å². The highest BCUT2D eigenvalue weighted by molar-refractivity contribution is 5.94. The van der Waals surface area contributed by atoms with Crippen LogP contribution in [-0.4, -0.2) is 73.0 Å². The number of rotatable bonds is 5. The average Bonchev–Trinajstić information content (AvgIpc) is 2.49. The third-order valence-corrected chi connectivity index (χ3v) is 4.51. The van der Waals surface area contributed by atoms with Crippen LogP contribution in [0.3, 0.4) is 0 Å². The standard InChI is InChI=1S/C18H28FN3O/c1-14-12-21(18(23)16-8-5-6-9-17(16)19)13-15(2)22(14)11-7-10-20(3)4/h5-6,8-9,14-15H,7,10-13H2,1-4H3. The second-order valence-electron chi connectivity index (χ2n) is 6.78. The second-order valence-corrected chi connectivity index (χ2v) is 6.78. The van der Waals surface area contributed by atoms with E-state index in [1.54, 1.807) is 23.1 Å². The number of piperazine rings is 1. The van der Waals surface area contributed by atoms with E-state index in [1.165, 1.54) is 6.07 Å². The van der Waals surface area contributed by atoms with Gasteiger partial charge in [-0.15, -0.1) is 0 Å². The molecule has 23 heavy (non-hydrogen) atoms. The third-order valence-electron chi connectivity index (χ3n) is 4.51. The van der Waals surface area contributed by atoms with Crippen LogP contribution in [0.4, 0.5) is 4.39 Å². The molecule has 0 aromatic heterocycles. The maximum absolute atomic E-state index is 13.8. The molecule has 128 valence electrons. The summed E-state index contributed by atoms with van der Waals surface area (Å²) >= 11 is 0. The molecule has 1 fully saturated rings. The van der Waals surface area contributed by atoms with Crippen molar-refractivity contribution in [1.82, 2.24) is 14.7 Å². The summed E-state index contributed by atoms with van der Waals surface area (Å²) < 4.78 is 13.8. The summed E-state index contributed by atoms with van der Waals surface area (Å²) in [6.07, 6.45) is 1.11. The van der Waals surface area contributed by atoms with Crippen LogP contribution in [-0.2, 0) is 0 Å². The fraction of sp³-hybridized carbons (Fsp3) is 0.611. The van der Waals surface area contributed by atoms with Crippen molar-refractivity contribution in [3.8, 4) is 0 Å². The lowest BCUT2D eigenvalue weighted by Crippen LogP contribution is -2.58. The van der Waals surface area contributed by atoms with Crippen LogP contribution in [0.2, 0.25) is 0 Å². The molecule has 1 aromatic carbocycles. The summed E-state index contributed by atoms with van der Waals surface area (Å²) in [4.78, 5) is 19.0. The van der Waals surface area contributed by atoms with Gasteiger partial charge in [-0.1, -0.05) is 12.1 Å². The summed E-state index contributed by atoms with van der Waals surface area (Å²) in [5.74, 6) is -0.638. The van der Waals surface area contributed by atoms with Gasteiger partial charge in [0.1, 0.15) is 5.82 Å². The summed E-state index contributed by atoms with van der Waals surface area (Å²) in [6.45, 7) is 7.69. The molecule has 0 radical (unpaired) electrons. The molecule has 1 aliphatic rings. The lowest BCUT2D eigenvalue weighted by molar-refractivity contribution is 0.0292. The maximum Gasteiger partial charge on any atom is 0.256 e. The molecule has 0 bridgehead atoms. The van der Waals surface area contributed by atoms with Gasteiger partial charge < -0.3 is 9.80 Å². The lowest BCUT2D eigenvalue weighted by Gasteiger charge is -2.44. The fourth-order valence-electron chi connectivity index (χ4n) is 3.34. The van der Waals surface area contributed by atoms with Gasteiger partial charge in [-0.3, -0.25) is 9.69 Å². The Hall–Kier alpha value is -1.46. The van der Waals surface area contributed by atoms with Crippen LogP contribution in [0.1, 0.15) is 30.6 Å². The van der Waals surface area contributed by atoms with Gasteiger partial charge in [0.15, 0.2) is 0 Å². The van der Waals surface area contributed by atoms with Crippen LogP contribution in [0.5, 0.6) is 0 Å². The van der Waals surface area contributed by atoms with E-state index >= 15 is 0 Å². The van der Waals surface area contributed by atoms with Crippen molar-refractivity contribution in [2.24, 2.45) is 0 Å². The van der Waals surface area contributed by atoms with E-state index in [0.717, 1.165) is 19.5 Å². The molecule has 0 spiro atoms. The maximum atomic E-state index is 13.8. The van der Waals surface area contributed by atoms with Crippen LogP contribution in [0.25, 0.3) is 0 Å². The molecule has 0 aliphatic carbocycles. The molecule has 2 rings (SSSR count). The molecule has 0 N–H and O–H groups in total. The summed E-state index contributed by atoms with van der Waals surface area (Å²) in [5.41, 5.74) is 0.174. The van der Waals surface area contributed by atoms with Crippen molar-refractivity contribution in [3.05, 3.63) is 35.6 Å². The Kier molecular flexibility index (Phi) is 6.13. The first kappa shape index (κ1) is 17.9. The van der Waals surface area contributed by atoms with Crippen molar-refractivity contribution < 1.29 is 9.18 Å². The Morgan fingerprint density at radius 3 is 2.39 bits per heavy atom. The van der Waals surface area contributed by atoms with Gasteiger partial charge >= 0.3 is 0 Å². The Bertz CT molecular complexity index is 523. The van der Waals surface area contributed by atoms with Crippen molar-refractivity contribution in [1.29, 1.82) is 0 Å². The zero-order chi connectivity index (χ0) is 17.0. The van der Waals surface area contributed by atoms with E-state index in [9.17, 15) is 9.18 Å². The number of carbonyl (C=O) groups excluding carboxylic acids is 1. The Morgan fingerprint density at radius 2 is 1.83 bits per heavy atom. The molecule has 0 saturated carbocycles. The Morgan fingerprint density at radius 1 is 1.22 bits per heavy atom. The van der Waals surface area contributed by atoms with Crippen LogP contribution in [0.15, 0.2) is 24.3 Å². The molecule has 1 saturated heterocycles. The number of hydrogen-bond donors (Lipinski definition) is 0. The summed E-state index contributed by atoms with van der Waals surface area (Å²) in [5, 5.41) is 0. The summed E-state index contributed by atoms with van der Waals surface area (Å²) in [6, 6.07) is 6.81. The third kappa shape index (κ3) is 4.52. The minimum atomic E-state index is -0.439. The predicted octanol–water partition coefficient (Wildman–Crippen LogP) is 2.31. The van der Waals surface area contributed by atoms with Gasteiger partial charge in [-0.25, -0.2) is 4.39 Å². The minimum Gasteiger partial charge on any atom is -0.335 e. The van der Waals surface area contributed by atoms with Crippen LogP contribution in [0, 0.1) is 5.82 Å². The number of halogens is 1. The molecular weight excluding hydrogens is 293 g/mol. The predicted molar refractivity (Wildman–Crippen MR) is 91.1 cm³/mol. The topological polar surface area (TPSA) is 26.8 Å². The monoisotopic (exact) mass is 321 g/mol. The van der Waals surface area contributed by atoms with Gasteiger partial charge in [0.25, 0.3) is 5.91 Å². The number of nitrogens with zero attached hydrogens (tertiary/aromatic N) is 3. The number of amides is 1. The lowest BCUT2D eigenvalue weighted by atomic mass is 10.1. The Labute approximate surface area is 138 Å². The Balaban J connectivity index is 1.98. The number of benzene rings is 1. The van der Waals surface area contributed by atoms with E-state index in [2.05, 4.69) is 37.7 Å². The first-order valence-corrected chi connectivity index (χ1v) is 8.34. The minimum absolute atomic E-state index is 0.174. The average molecular weight is 321 g/mol. The van der Waals surface area contributed by atoms with E-state index in [1.807, 2.05) is 0 Å². The summed E-state index contributed by atoms with van der Waals surface area (Å²) in [7, 11) is 4.16. The molecular formula is C18H28FN3O.